The van der Waals surface area contributed by atoms with Crippen LogP contribution in [0.25, 0.3) is 109 Å². The van der Waals surface area contributed by atoms with Crippen molar-refractivity contribution in [2.45, 2.75) is 0 Å². The molecule has 12 rings (SSSR count). The van der Waals surface area contributed by atoms with Gasteiger partial charge >= 0.3 is 0 Å². The second-order valence-electron chi connectivity index (χ2n) is 14.5. The summed E-state index contributed by atoms with van der Waals surface area (Å²) in [6.45, 7) is 0. The van der Waals surface area contributed by atoms with Crippen molar-refractivity contribution in [1.82, 2.24) is 24.1 Å². The van der Waals surface area contributed by atoms with E-state index < -0.39 is 0 Å². The predicted molar refractivity (Wildman–Crippen MR) is 238 cm³/mol. The molecule has 57 heavy (non-hydrogen) atoms. The van der Waals surface area contributed by atoms with Crippen molar-refractivity contribution in [3.05, 3.63) is 188 Å². The summed E-state index contributed by atoms with van der Waals surface area (Å²) in [4.78, 5) is 15.1. The molecular weight excluding hydrogens is 715 g/mol. The number of para-hydroxylation sites is 2. The third kappa shape index (κ3) is 5.04. The van der Waals surface area contributed by atoms with E-state index in [2.05, 4.69) is 137 Å². The highest BCUT2D eigenvalue weighted by Gasteiger charge is 2.20. The molecule has 12 aromatic rings. The van der Waals surface area contributed by atoms with Gasteiger partial charge in [0.1, 0.15) is 0 Å². The minimum atomic E-state index is 0.628. The van der Waals surface area contributed by atoms with Gasteiger partial charge in [-0.05, 0) is 54.6 Å². The highest BCUT2D eigenvalue weighted by Crippen LogP contribution is 2.42. The van der Waals surface area contributed by atoms with Gasteiger partial charge in [-0.2, -0.15) is 0 Å². The highest BCUT2D eigenvalue weighted by molar-refractivity contribution is 7.25. The number of hydrogen-bond acceptors (Lipinski definition) is 4. The second-order valence-corrected chi connectivity index (χ2v) is 15.5. The van der Waals surface area contributed by atoms with Gasteiger partial charge in [-0.3, -0.25) is 0 Å². The van der Waals surface area contributed by atoms with Crippen molar-refractivity contribution in [3.63, 3.8) is 0 Å². The molecule has 4 heterocycles. The van der Waals surface area contributed by atoms with E-state index in [4.69, 9.17) is 15.0 Å². The molecule has 0 saturated heterocycles. The SMILES string of the molecule is c1ccc(-c2nc(-c3ccccc3)nc(-c3cccc(-n4c5cc(-n6c7ccccc7c7ccccc76)ccc5c5cc6c(cc54)sc4ccccc46)c3)n2)cc1. The third-order valence-electron chi connectivity index (χ3n) is 11.1. The van der Waals surface area contributed by atoms with Crippen molar-refractivity contribution in [1.29, 1.82) is 0 Å². The lowest BCUT2D eigenvalue weighted by molar-refractivity contribution is 1.07. The average Bonchev–Trinajstić information content (AvgIpc) is 3.93. The Morgan fingerprint density at radius 3 is 1.49 bits per heavy atom. The number of nitrogens with zero attached hydrogens (tertiary/aromatic N) is 5. The Bertz CT molecular complexity index is 3410. The molecule has 0 aliphatic heterocycles. The largest absolute Gasteiger partial charge is 0.309 e. The quantitative estimate of drug-likeness (QED) is 0.176. The van der Waals surface area contributed by atoms with E-state index in [1.807, 2.05) is 72.0 Å². The first-order valence-corrected chi connectivity index (χ1v) is 19.9. The van der Waals surface area contributed by atoms with Gasteiger partial charge in [-0.25, -0.2) is 15.0 Å². The first-order valence-electron chi connectivity index (χ1n) is 19.1. The van der Waals surface area contributed by atoms with E-state index >= 15 is 0 Å². The van der Waals surface area contributed by atoms with Crippen LogP contribution in [0.2, 0.25) is 0 Å². The van der Waals surface area contributed by atoms with Crippen LogP contribution in [-0.4, -0.2) is 24.1 Å². The molecule has 266 valence electrons. The summed E-state index contributed by atoms with van der Waals surface area (Å²) >= 11 is 1.85. The molecule has 4 aromatic heterocycles. The number of aromatic nitrogens is 5. The molecule has 0 amide bonds. The van der Waals surface area contributed by atoms with Crippen molar-refractivity contribution >= 4 is 75.1 Å². The van der Waals surface area contributed by atoms with Gasteiger partial charge in [0.05, 0.1) is 22.1 Å². The van der Waals surface area contributed by atoms with Crippen LogP contribution in [0.15, 0.2) is 188 Å². The Labute approximate surface area is 331 Å². The van der Waals surface area contributed by atoms with Crippen LogP contribution in [0.1, 0.15) is 0 Å². The number of hydrogen-bond donors (Lipinski definition) is 0. The van der Waals surface area contributed by atoms with Crippen molar-refractivity contribution in [2.24, 2.45) is 0 Å². The molecular formula is C51H31N5S. The van der Waals surface area contributed by atoms with Crippen LogP contribution in [0, 0.1) is 0 Å². The summed E-state index contributed by atoms with van der Waals surface area (Å²) in [7, 11) is 0. The van der Waals surface area contributed by atoms with Crippen LogP contribution in [-0.2, 0) is 0 Å². The first-order chi connectivity index (χ1) is 28.2. The van der Waals surface area contributed by atoms with Gasteiger partial charge < -0.3 is 9.13 Å². The zero-order valence-corrected chi connectivity index (χ0v) is 31.4. The zero-order valence-electron chi connectivity index (χ0n) is 30.5. The molecule has 0 radical (unpaired) electrons. The number of rotatable bonds is 5. The van der Waals surface area contributed by atoms with Crippen LogP contribution in [0.3, 0.4) is 0 Å². The predicted octanol–water partition coefficient (Wildman–Crippen LogP) is 13.4. The van der Waals surface area contributed by atoms with E-state index in [1.54, 1.807) is 0 Å². The minimum absolute atomic E-state index is 0.628. The van der Waals surface area contributed by atoms with Gasteiger partial charge in [0, 0.05) is 69.8 Å². The molecule has 0 unspecified atom stereocenters. The highest BCUT2D eigenvalue weighted by atomic mass is 32.1. The Kier molecular flexibility index (Phi) is 7.03. The lowest BCUT2D eigenvalue weighted by atomic mass is 10.1. The average molecular weight is 746 g/mol. The fourth-order valence-electron chi connectivity index (χ4n) is 8.56. The van der Waals surface area contributed by atoms with Gasteiger partial charge in [0.2, 0.25) is 0 Å². The van der Waals surface area contributed by atoms with Crippen molar-refractivity contribution < 1.29 is 0 Å². The molecule has 5 nitrogen and oxygen atoms in total. The summed E-state index contributed by atoms with van der Waals surface area (Å²) in [5.74, 6) is 1.91. The Hall–Kier alpha value is -7.41. The Balaban J connectivity index is 1.12. The van der Waals surface area contributed by atoms with Crippen molar-refractivity contribution in [3.8, 4) is 45.5 Å². The summed E-state index contributed by atoms with van der Waals surface area (Å²) in [5.41, 5.74) is 9.63. The molecule has 0 saturated carbocycles. The fraction of sp³-hybridized carbons (Fsp3) is 0. The zero-order chi connectivity index (χ0) is 37.5. The van der Waals surface area contributed by atoms with E-state index in [-0.39, 0.29) is 0 Å². The summed E-state index contributed by atoms with van der Waals surface area (Å²) < 4.78 is 7.39. The van der Waals surface area contributed by atoms with Crippen molar-refractivity contribution in [2.75, 3.05) is 0 Å². The van der Waals surface area contributed by atoms with E-state index in [9.17, 15) is 0 Å². The monoisotopic (exact) mass is 745 g/mol. The lowest BCUT2D eigenvalue weighted by Gasteiger charge is -2.13. The number of benzene rings is 8. The summed E-state index contributed by atoms with van der Waals surface area (Å²) in [5, 5.41) is 7.50. The minimum Gasteiger partial charge on any atom is -0.309 e. The molecule has 6 heteroatoms. The molecule has 8 aromatic carbocycles. The standard InChI is InChI=1S/C51H31N5S/c1-3-14-32(15-4-1)49-52-50(33-16-5-2-6-17-33)54-51(53-49)34-18-13-19-35(28-34)56-45-29-36(55-43-23-10-7-20-37(43)38-21-8-11-24-44(38)55)26-27-39(45)41-30-42-40-22-9-12-25-47(40)57-48(42)31-46(41)56/h1-31H. The maximum atomic E-state index is 5.08. The molecule has 0 bridgehead atoms. The maximum absolute atomic E-state index is 5.08. The van der Waals surface area contributed by atoms with E-state index in [1.165, 1.54) is 52.8 Å². The Morgan fingerprint density at radius 2 is 0.807 bits per heavy atom. The second kappa shape index (κ2) is 12.6. The normalized spacial score (nSPS) is 11.9. The van der Waals surface area contributed by atoms with Crippen LogP contribution in [0.4, 0.5) is 0 Å². The van der Waals surface area contributed by atoms with Crippen LogP contribution in [0.5, 0.6) is 0 Å². The van der Waals surface area contributed by atoms with Gasteiger partial charge in [-0.1, -0.05) is 133 Å². The summed E-state index contributed by atoms with van der Waals surface area (Å²) in [6.07, 6.45) is 0. The third-order valence-corrected chi connectivity index (χ3v) is 12.3. The van der Waals surface area contributed by atoms with E-state index in [0.29, 0.717) is 17.5 Å². The van der Waals surface area contributed by atoms with Crippen LogP contribution < -0.4 is 0 Å². The number of fused-ring (bicyclic) bond motifs is 9. The lowest BCUT2D eigenvalue weighted by Crippen LogP contribution is -2.01. The van der Waals surface area contributed by atoms with Crippen LogP contribution >= 0.6 is 11.3 Å². The van der Waals surface area contributed by atoms with Gasteiger partial charge in [-0.15, -0.1) is 11.3 Å². The maximum Gasteiger partial charge on any atom is 0.164 e. The topological polar surface area (TPSA) is 48.5 Å². The van der Waals surface area contributed by atoms with Gasteiger partial charge in [0.15, 0.2) is 17.5 Å². The van der Waals surface area contributed by atoms with Gasteiger partial charge in [0.25, 0.3) is 0 Å². The smallest absolute Gasteiger partial charge is 0.164 e. The Morgan fingerprint density at radius 1 is 0.298 bits per heavy atom. The van der Waals surface area contributed by atoms with E-state index in [0.717, 1.165) is 39.1 Å². The molecule has 0 atom stereocenters. The first kappa shape index (κ1) is 31.9. The molecule has 0 fully saturated rings. The molecule has 0 aliphatic rings. The summed E-state index contributed by atoms with van der Waals surface area (Å²) in [6, 6.07) is 66.8. The molecule has 0 spiro atoms. The molecule has 0 aliphatic carbocycles. The molecule has 0 N–H and O–H groups in total. The number of thiophene rings is 1. The fourth-order valence-corrected chi connectivity index (χ4v) is 9.68.